The van der Waals surface area contributed by atoms with E-state index < -0.39 is 15.9 Å². The van der Waals surface area contributed by atoms with Crippen molar-refractivity contribution >= 4 is 43.5 Å². The Balaban J connectivity index is 1.73. The summed E-state index contributed by atoms with van der Waals surface area (Å²) in [6, 6.07) is 13.6. The standard InChI is InChI=1S/C21H19N3O5S/c1-24(2)15-8-6-14-11-18(29-17(14)12-15)21(25)23-30(26,27)20-16(28-3)9-7-13-5-4-10-22-19(13)20/h4-12H,1-3H3,(H,23,25). The first kappa shape index (κ1) is 19.7. The predicted molar refractivity (Wildman–Crippen MR) is 113 cm³/mol. The highest BCUT2D eigenvalue weighted by Crippen LogP contribution is 2.31. The zero-order chi connectivity index (χ0) is 21.5. The highest BCUT2D eigenvalue weighted by atomic mass is 32.2. The van der Waals surface area contributed by atoms with Crippen LogP contribution in [0.3, 0.4) is 0 Å². The van der Waals surface area contributed by atoms with Crippen molar-refractivity contribution in [3.8, 4) is 5.75 Å². The molecule has 0 aliphatic carbocycles. The molecule has 1 amide bonds. The van der Waals surface area contributed by atoms with Crippen molar-refractivity contribution in [1.29, 1.82) is 0 Å². The van der Waals surface area contributed by atoms with Gasteiger partial charge in [0.15, 0.2) is 10.7 Å². The second-order valence-electron chi connectivity index (χ2n) is 6.83. The summed E-state index contributed by atoms with van der Waals surface area (Å²) in [5, 5.41) is 1.29. The number of nitrogens with one attached hydrogen (secondary N) is 1. The Kier molecular flexibility index (Phi) is 4.83. The van der Waals surface area contributed by atoms with Crippen LogP contribution in [0.15, 0.2) is 64.0 Å². The van der Waals surface area contributed by atoms with Crippen LogP contribution < -0.4 is 14.4 Å². The van der Waals surface area contributed by atoms with Crippen molar-refractivity contribution in [2.75, 3.05) is 26.1 Å². The molecular formula is C21H19N3O5S. The van der Waals surface area contributed by atoms with Crippen molar-refractivity contribution in [3.05, 3.63) is 60.5 Å². The van der Waals surface area contributed by atoms with Crippen LogP contribution >= 0.6 is 0 Å². The van der Waals surface area contributed by atoms with Gasteiger partial charge >= 0.3 is 5.91 Å². The van der Waals surface area contributed by atoms with Crippen LogP contribution in [-0.2, 0) is 10.0 Å². The van der Waals surface area contributed by atoms with E-state index in [1.807, 2.05) is 25.1 Å². The van der Waals surface area contributed by atoms with E-state index >= 15 is 0 Å². The average Bonchev–Trinajstić information content (AvgIpc) is 3.16. The van der Waals surface area contributed by atoms with Crippen molar-refractivity contribution in [2.24, 2.45) is 0 Å². The minimum Gasteiger partial charge on any atom is -0.495 e. The van der Waals surface area contributed by atoms with Crippen LogP contribution in [0, 0.1) is 0 Å². The maximum absolute atomic E-state index is 13.1. The van der Waals surface area contributed by atoms with E-state index in [9.17, 15) is 13.2 Å². The molecule has 2 aromatic carbocycles. The highest BCUT2D eigenvalue weighted by Gasteiger charge is 2.27. The number of hydrogen-bond donors (Lipinski definition) is 1. The molecule has 9 heteroatoms. The fourth-order valence-electron chi connectivity index (χ4n) is 3.15. The maximum Gasteiger partial charge on any atom is 0.300 e. The van der Waals surface area contributed by atoms with Crippen molar-refractivity contribution in [1.82, 2.24) is 9.71 Å². The Labute approximate surface area is 173 Å². The third kappa shape index (κ3) is 3.43. The molecule has 2 heterocycles. The molecular weight excluding hydrogens is 406 g/mol. The molecule has 0 radical (unpaired) electrons. The van der Waals surface area contributed by atoms with Gasteiger partial charge in [0.1, 0.15) is 11.3 Å². The predicted octanol–water partition coefficient (Wildman–Crippen LogP) is 3.17. The molecule has 0 aliphatic rings. The summed E-state index contributed by atoms with van der Waals surface area (Å²) in [7, 11) is 0.832. The van der Waals surface area contributed by atoms with E-state index in [4.69, 9.17) is 9.15 Å². The zero-order valence-corrected chi connectivity index (χ0v) is 17.4. The molecule has 0 atom stereocenters. The quantitative estimate of drug-likeness (QED) is 0.524. The topological polar surface area (TPSA) is 102 Å². The van der Waals surface area contributed by atoms with E-state index in [-0.39, 0.29) is 21.9 Å². The van der Waals surface area contributed by atoms with Crippen LogP contribution in [0.5, 0.6) is 5.75 Å². The number of benzene rings is 2. The van der Waals surface area contributed by atoms with Crippen molar-refractivity contribution < 1.29 is 22.4 Å². The summed E-state index contributed by atoms with van der Waals surface area (Å²) in [5.41, 5.74) is 1.58. The molecule has 0 bridgehead atoms. The van der Waals surface area contributed by atoms with Gasteiger partial charge in [-0.25, -0.2) is 13.1 Å². The van der Waals surface area contributed by atoms with Crippen LogP contribution in [0.2, 0.25) is 0 Å². The Bertz CT molecular complexity index is 1380. The van der Waals surface area contributed by atoms with E-state index in [0.29, 0.717) is 16.4 Å². The summed E-state index contributed by atoms with van der Waals surface area (Å²) < 4.78 is 39.0. The summed E-state index contributed by atoms with van der Waals surface area (Å²) in [5.74, 6) is -0.911. The molecule has 0 saturated heterocycles. The molecule has 4 rings (SSSR count). The number of fused-ring (bicyclic) bond motifs is 2. The number of rotatable bonds is 5. The number of hydrogen-bond acceptors (Lipinski definition) is 7. The Hall–Kier alpha value is -3.59. The van der Waals surface area contributed by atoms with E-state index in [0.717, 1.165) is 5.69 Å². The molecule has 0 aliphatic heterocycles. The third-order valence-electron chi connectivity index (χ3n) is 4.65. The normalized spacial score (nSPS) is 11.6. The smallest absolute Gasteiger partial charge is 0.300 e. The number of pyridine rings is 1. The maximum atomic E-state index is 13.1. The fraction of sp³-hybridized carbons (Fsp3) is 0.143. The van der Waals surface area contributed by atoms with Gasteiger partial charge in [-0.2, -0.15) is 0 Å². The summed E-state index contributed by atoms with van der Waals surface area (Å²) >= 11 is 0. The molecule has 0 fully saturated rings. The van der Waals surface area contributed by atoms with Gasteiger partial charge < -0.3 is 14.1 Å². The lowest BCUT2D eigenvalue weighted by molar-refractivity contribution is 0.0956. The van der Waals surface area contributed by atoms with Gasteiger partial charge in [0, 0.05) is 42.8 Å². The van der Waals surface area contributed by atoms with E-state index in [1.165, 1.54) is 25.4 Å². The number of sulfonamides is 1. The van der Waals surface area contributed by atoms with Gasteiger partial charge in [-0.15, -0.1) is 0 Å². The SMILES string of the molecule is COc1ccc2cccnc2c1S(=O)(=O)NC(=O)c1cc2ccc(N(C)C)cc2o1. The number of aromatic nitrogens is 1. The molecule has 0 spiro atoms. The number of nitrogens with zero attached hydrogens (tertiary/aromatic N) is 2. The van der Waals surface area contributed by atoms with Gasteiger partial charge in [-0.3, -0.25) is 9.78 Å². The number of carbonyl (C=O) groups excluding carboxylic acids is 1. The zero-order valence-electron chi connectivity index (χ0n) is 16.5. The molecule has 0 saturated carbocycles. The first-order valence-electron chi connectivity index (χ1n) is 9.00. The Morgan fingerprint density at radius 1 is 1.10 bits per heavy atom. The number of anilines is 1. The van der Waals surface area contributed by atoms with Gasteiger partial charge in [0.05, 0.1) is 12.6 Å². The summed E-state index contributed by atoms with van der Waals surface area (Å²) in [6.45, 7) is 0. The number of amides is 1. The van der Waals surface area contributed by atoms with Gasteiger partial charge in [0.25, 0.3) is 10.0 Å². The molecule has 30 heavy (non-hydrogen) atoms. The number of methoxy groups -OCH3 is 1. The number of furan rings is 1. The highest BCUT2D eigenvalue weighted by molar-refractivity contribution is 7.90. The van der Waals surface area contributed by atoms with E-state index in [2.05, 4.69) is 9.71 Å². The lowest BCUT2D eigenvalue weighted by Crippen LogP contribution is -2.30. The second kappa shape index (κ2) is 7.34. The van der Waals surface area contributed by atoms with Crippen molar-refractivity contribution in [2.45, 2.75) is 4.90 Å². The first-order valence-corrected chi connectivity index (χ1v) is 10.5. The molecule has 8 nitrogen and oxygen atoms in total. The number of ether oxygens (including phenoxy) is 1. The summed E-state index contributed by atoms with van der Waals surface area (Å²) in [4.78, 5) is 18.5. The Morgan fingerprint density at radius 3 is 2.60 bits per heavy atom. The fourth-order valence-corrected chi connectivity index (χ4v) is 4.44. The van der Waals surface area contributed by atoms with E-state index in [1.54, 1.807) is 30.3 Å². The van der Waals surface area contributed by atoms with Crippen LogP contribution in [0.25, 0.3) is 21.9 Å². The minimum absolute atomic E-state index is 0.0849. The van der Waals surface area contributed by atoms with Gasteiger partial charge in [0.2, 0.25) is 0 Å². The van der Waals surface area contributed by atoms with Gasteiger partial charge in [-0.05, 0) is 36.4 Å². The molecule has 2 aromatic heterocycles. The van der Waals surface area contributed by atoms with Crippen LogP contribution in [-0.4, -0.2) is 40.5 Å². The summed E-state index contributed by atoms with van der Waals surface area (Å²) in [6.07, 6.45) is 1.48. The van der Waals surface area contributed by atoms with Crippen LogP contribution in [0.1, 0.15) is 10.6 Å². The lowest BCUT2D eigenvalue weighted by Gasteiger charge is -2.12. The lowest BCUT2D eigenvalue weighted by atomic mass is 10.2. The minimum atomic E-state index is -4.29. The average molecular weight is 425 g/mol. The molecule has 0 unspecified atom stereocenters. The first-order chi connectivity index (χ1) is 14.3. The molecule has 4 aromatic rings. The molecule has 1 N–H and O–H groups in total. The Morgan fingerprint density at radius 2 is 1.87 bits per heavy atom. The van der Waals surface area contributed by atoms with Crippen molar-refractivity contribution in [3.63, 3.8) is 0 Å². The third-order valence-corrected chi connectivity index (χ3v) is 6.04. The molecule has 154 valence electrons. The number of carbonyl (C=O) groups is 1. The largest absolute Gasteiger partial charge is 0.495 e. The second-order valence-corrected chi connectivity index (χ2v) is 8.45. The van der Waals surface area contributed by atoms with Crippen LogP contribution in [0.4, 0.5) is 5.69 Å². The monoisotopic (exact) mass is 425 g/mol. The van der Waals surface area contributed by atoms with Gasteiger partial charge in [-0.1, -0.05) is 6.07 Å².